The maximum Gasteiger partial charge on any atom is 0.251 e. The number of hydrogen-bond donors (Lipinski definition) is 2. The Bertz CT molecular complexity index is 1020. The van der Waals surface area contributed by atoms with Crippen molar-refractivity contribution in [3.63, 3.8) is 0 Å². The van der Waals surface area contributed by atoms with E-state index in [1.807, 2.05) is 0 Å². The molecule has 8 heteroatoms. The van der Waals surface area contributed by atoms with Gasteiger partial charge in [-0.25, -0.2) is 13.6 Å². The molecule has 0 saturated carbocycles. The second kappa shape index (κ2) is 10.3. The number of rotatable bonds is 8. The van der Waals surface area contributed by atoms with Crippen LogP contribution in [0.3, 0.4) is 0 Å². The highest BCUT2D eigenvalue weighted by molar-refractivity contribution is 7.89. The van der Waals surface area contributed by atoms with Gasteiger partial charge in [0.2, 0.25) is 10.0 Å². The van der Waals surface area contributed by atoms with Crippen molar-refractivity contribution >= 4 is 21.6 Å². The van der Waals surface area contributed by atoms with Gasteiger partial charge in [-0.3, -0.25) is 9.69 Å². The Kier molecular flexibility index (Phi) is 7.69. The van der Waals surface area contributed by atoms with Crippen LogP contribution in [-0.2, 0) is 10.0 Å². The van der Waals surface area contributed by atoms with Gasteiger partial charge in [-0.05, 0) is 68.6 Å². The summed E-state index contributed by atoms with van der Waals surface area (Å²) < 4.78 is 23.0. The second-order valence-corrected chi connectivity index (χ2v) is 9.71. The normalized spacial score (nSPS) is 15.1. The number of aryl methyl sites for hydroxylation is 2. The number of unbranched alkanes of at least 4 members (excludes halogenated alkanes) is 1. The van der Waals surface area contributed by atoms with E-state index in [2.05, 4.69) is 46.3 Å². The molecule has 0 aliphatic carbocycles. The van der Waals surface area contributed by atoms with Crippen LogP contribution in [0.4, 0.5) is 5.69 Å². The van der Waals surface area contributed by atoms with E-state index in [1.54, 1.807) is 13.0 Å². The molecule has 2 aromatic carbocycles. The van der Waals surface area contributed by atoms with Gasteiger partial charge in [-0.15, -0.1) is 0 Å². The molecule has 1 saturated heterocycles. The molecule has 0 atom stereocenters. The summed E-state index contributed by atoms with van der Waals surface area (Å²) in [6.07, 6.45) is 1.87. The van der Waals surface area contributed by atoms with E-state index in [0.29, 0.717) is 12.1 Å². The lowest BCUT2D eigenvalue weighted by Crippen LogP contribution is -2.46. The lowest BCUT2D eigenvalue weighted by atomic mass is 10.1. The largest absolute Gasteiger partial charge is 0.369 e. The van der Waals surface area contributed by atoms with E-state index >= 15 is 0 Å². The molecular formula is C23H32N4O3S. The molecule has 168 valence electrons. The minimum absolute atomic E-state index is 0.0481. The van der Waals surface area contributed by atoms with Crippen molar-refractivity contribution in [2.75, 3.05) is 44.2 Å². The van der Waals surface area contributed by atoms with Gasteiger partial charge in [0.1, 0.15) is 0 Å². The van der Waals surface area contributed by atoms with Gasteiger partial charge in [0.25, 0.3) is 5.91 Å². The Morgan fingerprint density at radius 1 is 1.03 bits per heavy atom. The van der Waals surface area contributed by atoms with Crippen LogP contribution in [0, 0.1) is 13.8 Å². The summed E-state index contributed by atoms with van der Waals surface area (Å²) in [5, 5.41) is 8.06. The molecule has 1 aliphatic rings. The van der Waals surface area contributed by atoms with Crippen molar-refractivity contribution in [3.05, 3.63) is 59.2 Å². The van der Waals surface area contributed by atoms with E-state index in [0.717, 1.165) is 51.1 Å². The van der Waals surface area contributed by atoms with Crippen molar-refractivity contribution in [1.29, 1.82) is 0 Å². The number of benzene rings is 2. The minimum atomic E-state index is -3.83. The summed E-state index contributed by atoms with van der Waals surface area (Å²) in [6.45, 7) is 9.60. The highest BCUT2D eigenvalue weighted by Gasteiger charge is 2.17. The second-order valence-electron chi connectivity index (χ2n) is 8.15. The van der Waals surface area contributed by atoms with Crippen molar-refractivity contribution in [1.82, 2.24) is 10.2 Å². The number of nitrogens with zero attached hydrogens (tertiary/aromatic N) is 2. The average molecular weight is 445 g/mol. The van der Waals surface area contributed by atoms with Crippen molar-refractivity contribution in [2.24, 2.45) is 5.14 Å². The highest BCUT2D eigenvalue weighted by atomic mass is 32.2. The fraction of sp³-hybridized carbons (Fsp3) is 0.435. The zero-order valence-corrected chi connectivity index (χ0v) is 19.1. The number of piperazine rings is 1. The molecule has 0 aromatic heterocycles. The highest BCUT2D eigenvalue weighted by Crippen LogP contribution is 2.18. The first-order valence-electron chi connectivity index (χ1n) is 10.7. The van der Waals surface area contributed by atoms with Crippen LogP contribution in [0.25, 0.3) is 0 Å². The van der Waals surface area contributed by atoms with Crippen LogP contribution < -0.4 is 15.4 Å². The average Bonchev–Trinajstić information content (AvgIpc) is 2.73. The third-order valence-corrected chi connectivity index (χ3v) is 6.62. The van der Waals surface area contributed by atoms with Crippen molar-refractivity contribution in [3.8, 4) is 0 Å². The van der Waals surface area contributed by atoms with E-state index in [-0.39, 0.29) is 10.8 Å². The van der Waals surface area contributed by atoms with Gasteiger partial charge >= 0.3 is 0 Å². The molecule has 1 amide bonds. The summed E-state index contributed by atoms with van der Waals surface area (Å²) in [5.41, 5.74) is 3.65. The maximum atomic E-state index is 12.4. The van der Waals surface area contributed by atoms with Crippen LogP contribution in [0.5, 0.6) is 0 Å². The molecule has 0 radical (unpaired) electrons. The first-order chi connectivity index (χ1) is 14.7. The van der Waals surface area contributed by atoms with E-state index in [4.69, 9.17) is 5.14 Å². The standard InChI is InChI=1S/C23H32N4O3S/c1-18-6-5-7-20(16-18)27-14-12-26(13-15-27)11-4-3-10-25-23(28)22-17-21(31(24,29)30)9-8-19(22)2/h5-9,16-17H,3-4,10-15H2,1-2H3,(H,25,28)(H2,24,29,30). The molecule has 1 heterocycles. The Hall–Kier alpha value is -2.42. The molecule has 0 bridgehead atoms. The summed E-state index contributed by atoms with van der Waals surface area (Å²) >= 11 is 0. The maximum absolute atomic E-state index is 12.4. The smallest absolute Gasteiger partial charge is 0.251 e. The Morgan fingerprint density at radius 3 is 2.45 bits per heavy atom. The molecular weight excluding hydrogens is 412 g/mol. The number of anilines is 1. The number of carbonyl (C=O) groups is 1. The van der Waals surface area contributed by atoms with E-state index < -0.39 is 10.0 Å². The number of carbonyl (C=O) groups excluding carboxylic acids is 1. The van der Waals surface area contributed by atoms with Crippen LogP contribution in [0.15, 0.2) is 47.4 Å². The summed E-state index contributed by atoms with van der Waals surface area (Å²) in [5.74, 6) is -0.269. The molecule has 0 spiro atoms. The predicted octanol–water partition coefficient (Wildman–Crippen LogP) is 2.28. The SMILES string of the molecule is Cc1cccc(N2CCN(CCCCNC(=O)c3cc(S(N)(=O)=O)ccc3C)CC2)c1. The van der Waals surface area contributed by atoms with Crippen LogP contribution in [-0.4, -0.2) is 58.5 Å². The fourth-order valence-electron chi connectivity index (χ4n) is 3.83. The quantitative estimate of drug-likeness (QED) is 0.609. The van der Waals surface area contributed by atoms with Crippen LogP contribution >= 0.6 is 0 Å². The van der Waals surface area contributed by atoms with Gasteiger partial charge in [0.05, 0.1) is 4.90 Å². The Morgan fingerprint density at radius 2 is 1.77 bits per heavy atom. The third-order valence-electron chi connectivity index (χ3n) is 5.71. The summed E-state index contributed by atoms with van der Waals surface area (Å²) in [7, 11) is -3.83. The number of nitrogens with one attached hydrogen (secondary N) is 1. The first-order valence-corrected chi connectivity index (χ1v) is 12.2. The van der Waals surface area contributed by atoms with Gasteiger partial charge in [0, 0.05) is 44.0 Å². The minimum Gasteiger partial charge on any atom is -0.369 e. The number of primary sulfonamides is 1. The van der Waals surface area contributed by atoms with E-state index in [9.17, 15) is 13.2 Å². The molecule has 1 fully saturated rings. The topological polar surface area (TPSA) is 95.7 Å². The molecule has 0 unspecified atom stereocenters. The zero-order chi connectivity index (χ0) is 22.4. The summed E-state index contributed by atoms with van der Waals surface area (Å²) in [4.78, 5) is 17.3. The fourth-order valence-corrected chi connectivity index (χ4v) is 4.37. The molecule has 31 heavy (non-hydrogen) atoms. The first kappa shape index (κ1) is 23.2. The summed E-state index contributed by atoms with van der Waals surface area (Å²) in [6, 6.07) is 13.0. The van der Waals surface area contributed by atoms with Gasteiger partial charge in [0.15, 0.2) is 0 Å². The lowest BCUT2D eigenvalue weighted by molar-refractivity contribution is 0.0951. The third kappa shape index (κ3) is 6.53. The number of nitrogens with two attached hydrogens (primary N) is 1. The Balaban J connectivity index is 1.38. The van der Waals surface area contributed by atoms with Crippen LogP contribution in [0.2, 0.25) is 0 Å². The zero-order valence-electron chi connectivity index (χ0n) is 18.3. The van der Waals surface area contributed by atoms with Gasteiger partial charge in [-0.1, -0.05) is 18.2 Å². The molecule has 1 aliphatic heterocycles. The molecule has 7 nitrogen and oxygen atoms in total. The Labute approximate surface area is 185 Å². The van der Waals surface area contributed by atoms with Crippen LogP contribution in [0.1, 0.15) is 34.3 Å². The monoisotopic (exact) mass is 444 g/mol. The molecule has 2 aromatic rings. The van der Waals surface area contributed by atoms with Gasteiger partial charge in [-0.2, -0.15) is 0 Å². The lowest BCUT2D eigenvalue weighted by Gasteiger charge is -2.36. The number of sulfonamides is 1. The molecule has 3 N–H and O–H groups in total. The van der Waals surface area contributed by atoms with Crippen molar-refractivity contribution < 1.29 is 13.2 Å². The number of hydrogen-bond acceptors (Lipinski definition) is 5. The van der Waals surface area contributed by atoms with Gasteiger partial charge < -0.3 is 10.2 Å². The number of amides is 1. The van der Waals surface area contributed by atoms with E-state index in [1.165, 1.54) is 23.4 Å². The van der Waals surface area contributed by atoms with Crippen molar-refractivity contribution in [2.45, 2.75) is 31.6 Å². The predicted molar refractivity (Wildman–Crippen MR) is 124 cm³/mol. The molecule has 3 rings (SSSR count).